The van der Waals surface area contributed by atoms with Crippen LogP contribution in [0.2, 0.25) is 0 Å². The minimum absolute atomic E-state index is 0.0332. The number of hydrogen-bond acceptors (Lipinski definition) is 4. The molecule has 0 unspecified atom stereocenters. The number of carbonyl (C=O) groups excluding carboxylic acids is 2. The van der Waals surface area contributed by atoms with Crippen LogP contribution in [0.4, 0.5) is 0 Å². The molecule has 0 fully saturated rings. The zero-order chi connectivity index (χ0) is 21.0. The van der Waals surface area contributed by atoms with Gasteiger partial charge in [-0.25, -0.2) is 0 Å². The van der Waals surface area contributed by atoms with Gasteiger partial charge in [0.05, 0.1) is 23.2 Å². The molecular formula is C23H26N2O3S. The Hall–Kier alpha value is -2.73. The number of fused-ring (bicyclic) bond motifs is 1. The topological polar surface area (TPSA) is 60.7 Å². The molecule has 0 saturated carbocycles. The highest BCUT2D eigenvalue weighted by molar-refractivity contribution is 7.16. The molecule has 5 nitrogen and oxygen atoms in total. The van der Waals surface area contributed by atoms with Crippen LogP contribution < -0.4 is 4.80 Å². The van der Waals surface area contributed by atoms with Crippen LogP contribution in [0.3, 0.4) is 0 Å². The summed E-state index contributed by atoms with van der Waals surface area (Å²) in [5.74, 6) is -0.182. The Morgan fingerprint density at radius 2 is 1.86 bits per heavy atom. The fourth-order valence-corrected chi connectivity index (χ4v) is 4.14. The quantitative estimate of drug-likeness (QED) is 0.567. The van der Waals surface area contributed by atoms with Gasteiger partial charge in [0.2, 0.25) is 0 Å². The summed E-state index contributed by atoms with van der Waals surface area (Å²) in [5.41, 5.74) is 4.16. The molecule has 29 heavy (non-hydrogen) atoms. The molecule has 152 valence electrons. The highest BCUT2D eigenvalue weighted by Gasteiger charge is 2.13. The van der Waals surface area contributed by atoms with Crippen molar-refractivity contribution >= 4 is 33.4 Å². The maximum Gasteiger partial charge on any atom is 0.326 e. The smallest absolute Gasteiger partial charge is 0.326 e. The van der Waals surface area contributed by atoms with Crippen molar-refractivity contribution in [2.24, 2.45) is 4.99 Å². The molecule has 0 saturated heterocycles. The Morgan fingerprint density at radius 1 is 1.14 bits per heavy atom. The van der Waals surface area contributed by atoms with Crippen LogP contribution >= 0.6 is 11.3 Å². The first-order chi connectivity index (χ1) is 13.9. The summed E-state index contributed by atoms with van der Waals surface area (Å²) in [5, 5.41) is 0. The number of aryl methyl sites for hydroxylation is 1. The predicted octanol–water partition coefficient (Wildman–Crippen LogP) is 4.37. The highest BCUT2D eigenvalue weighted by atomic mass is 32.1. The molecule has 0 N–H and O–H groups in total. The van der Waals surface area contributed by atoms with Crippen LogP contribution in [-0.2, 0) is 27.3 Å². The number of esters is 1. The largest absolute Gasteiger partial charge is 0.465 e. The van der Waals surface area contributed by atoms with E-state index in [1.54, 1.807) is 11.5 Å². The Bertz CT molecular complexity index is 1090. The number of nitrogens with zero attached hydrogens (tertiary/aromatic N) is 2. The lowest BCUT2D eigenvalue weighted by molar-refractivity contribution is -0.143. The lowest BCUT2D eigenvalue weighted by Gasteiger charge is -2.07. The van der Waals surface area contributed by atoms with E-state index in [0.29, 0.717) is 17.3 Å². The summed E-state index contributed by atoms with van der Waals surface area (Å²) in [6.07, 6.45) is 0.227. The second kappa shape index (κ2) is 9.18. The molecule has 0 spiro atoms. The Labute approximate surface area is 174 Å². The molecule has 1 heterocycles. The Morgan fingerprint density at radius 3 is 2.52 bits per heavy atom. The van der Waals surface area contributed by atoms with Crippen molar-refractivity contribution < 1.29 is 14.3 Å². The second-order valence-corrected chi connectivity index (χ2v) is 8.33. The lowest BCUT2D eigenvalue weighted by atomic mass is 10.0. The third kappa shape index (κ3) is 5.21. The maximum atomic E-state index is 12.6. The van der Waals surface area contributed by atoms with Crippen molar-refractivity contribution in [3.63, 3.8) is 0 Å². The molecule has 6 heteroatoms. The van der Waals surface area contributed by atoms with Crippen LogP contribution in [0, 0.1) is 6.92 Å². The molecule has 3 aromatic rings. The maximum absolute atomic E-state index is 12.6. The normalized spacial score (nSPS) is 12.0. The van der Waals surface area contributed by atoms with Gasteiger partial charge in [0.1, 0.15) is 6.54 Å². The van der Waals surface area contributed by atoms with Gasteiger partial charge >= 0.3 is 5.97 Å². The van der Waals surface area contributed by atoms with E-state index in [-0.39, 0.29) is 24.8 Å². The lowest BCUT2D eigenvalue weighted by Crippen LogP contribution is -2.23. The minimum atomic E-state index is -0.340. The van der Waals surface area contributed by atoms with Crippen molar-refractivity contribution in [2.45, 2.75) is 46.6 Å². The molecule has 1 amide bonds. The fraction of sp³-hybridized carbons (Fsp3) is 0.348. The Balaban J connectivity index is 2.01. The van der Waals surface area contributed by atoms with E-state index in [9.17, 15) is 9.59 Å². The van der Waals surface area contributed by atoms with Gasteiger partial charge < -0.3 is 9.30 Å². The molecule has 0 aliphatic rings. The van der Waals surface area contributed by atoms with E-state index in [0.717, 1.165) is 21.3 Å². The summed E-state index contributed by atoms with van der Waals surface area (Å²) in [6, 6.07) is 14.0. The number of thiazole rings is 1. The molecule has 0 aliphatic carbocycles. The van der Waals surface area contributed by atoms with Gasteiger partial charge in [-0.05, 0) is 43.0 Å². The van der Waals surface area contributed by atoms with Crippen molar-refractivity contribution in [2.75, 3.05) is 6.61 Å². The number of ether oxygens (including phenoxy) is 1. The molecule has 1 aromatic heterocycles. The van der Waals surface area contributed by atoms with Gasteiger partial charge in [0, 0.05) is 0 Å². The van der Waals surface area contributed by atoms with Gasteiger partial charge in [-0.1, -0.05) is 61.1 Å². The van der Waals surface area contributed by atoms with Crippen molar-refractivity contribution in [3.8, 4) is 0 Å². The highest BCUT2D eigenvalue weighted by Crippen LogP contribution is 2.23. The van der Waals surface area contributed by atoms with Gasteiger partial charge in [-0.15, -0.1) is 0 Å². The summed E-state index contributed by atoms with van der Waals surface area (Å²) in [4.78, 5) is 29.6. The van der Waals surface area contributed by atoms with Gasteiger partial charge in [0.25, 0.3) is 5.91 Å². The van der Waals surface area contributed by atoms with E-state index < -0.39 is 0 Å². The molecule has 0 atom stereocenters. The molecule has 0 bridgehead atoms. The molecule has 2 aromatic carbocycles. The van der Waals surface area contributed by atoms with Crippen LogP contribution in [-0.4, -0.2) is 23.1 Å². The van der Waals surface area contributed by atoms with Crippen LogP contribution in [0.15, 0.2) is 47.5 Å². The van der Waals surface area contributed by atoms with Crippen molar-refractivity contribution in [1.82, 2.24) is 4.57 Å². The number of aromatic nitrogens is 1. The zero-order valence-electron chi connectivity index (χ0n) is 17.3. The van der Waals surface area contributed by atoms with Gasteiger partial charge in [-0.3, -0.25) is 9.59 Å². The average molecular weight is 411 g/mol. The first-order valence-electron chi connectivity index (χ1n) is 9.79. The van der Waals surface area contributed by atoms with E-state index in [2.05, 4.69) is 31.0 Å². The standard InChI is InChI=1S/C23H26N2O3S/c1-5-28-22(27)14-25-19-11-10-18(15(2)3)13-20(19)29-23(25)24-21(26)12-17-8-6-16(4)7-9-17/h6-11,13,15H,5,12,14H2,1-4H3. The van der Waals surface area contributed by atoms with E-state index in [4.69, 9.17) is 4.74 Å². The monoisotopic (exact) mass is 410 g/mol. The van der Waals surface area contributed by atoms with Crippen molar-refractivity contribution in [3.05, 3.63) is 64.0 Å². The van der Waals surface area contributed by atoms with Gasteiger partial charge in [-0.2, -0.15) is 4.99 Å². The number of amides is 1. The van der Waals surface area contributed by atoms with Crippen molar-refractivity contribution in [1.29, 1.82) is 0 Å². The molecular weight excluding hydrogens is 384 g/mol. The number of rotatable bonds is 6. The summed E-state index contributed by atoms with van der Waals surface area (Å²) < 4.78 is 7.89. The summed E-state index contributed by atoms with van der Waals surface area (Å²) in [6.45, 7) is 8.41. The fourth-order valence-electron chi connectivity index (χ4n) is 3.05. The second-order valence-electron chi connectivity index (χ2n) is 7.33. The first kappa shape index (κ1) is 21.0. The Kier molecular flexibility index (Phi) is 6.64. The zero-order valence-corrected chi connectivity index (χ0v) is 18.1. The first-order valence-corrected chi connectivity index (χ1v) is 10.6. The number of carbonyl (C=O) groups is 2. The third-order valence-corrected chi connectivity index (χ3v) is 5.70. The van der Waals surface area contributed by atoms with Crippen LogP contribution in [0.1, 0.15) is 43.4 Å². The average Bonchev–Trinajstić information content (AvgIpc) is 3.00. The molecule has 0 aliphatic heterocycles. The van der Waals surface area contributed by atoms with E-state index >= 15 is 0 Å². The van der Waals surface area contributed by atoms with Crippen LogP contribution in [0.25, 0.3) is 10.2 Å². The molecule has 0 radical (unpaired) electrons. The minimum Gasteiger partial charge on any atom is -0.465 e. The van der Waals surface area contributed by atoms with E-state index in [1.807, 2.05) is 37.3 Å². The summed E-state index contributed by atoms with van der Waals surface area (Å²) in [7, 11) is 0. The number of hydrogen-bond donors (Lipinski definition) is 0. The van der Waals surface area contributed by atoms with Crippen LogP contribution in [0.5, 0.6) is 0 Å². The molecule has 3 rings (SSSR count). The summed E-state index contributed by atoms with van der Waals surface area (Å²) >= 11 is 1.42. The van der Waals surface area contributed by atoms with E-state index in [1.165, 1.54) is 16.9 Å². The third-order valence-electron chi connectivity index (χ3n) is 4.66. The predicted molar refractivity (Wildman–Crippen MR) is 116 cm³/mol. The number of benzene rings is 2. The van der Waals surface area contributed by atoms with Gasteiger partial charge in [0.15, 0.2) is 4.80 Å². The SMILES string of the molecule is CCOC(=O)Cn1c(=NC(=O)Cc2ccc(C)cc2)sc2cc(C(C)C)ccc21.